The van der Waals surface area contributed by atoms with E-state index < -0.39 is 0 Å². The smallest absolute Gasteiger partial charge is 0.325 e. The molecule has 2 rings (SSSR count). The Morgan fingerprint density at radius 1 is 1.44 bits per heavy atom. The monoisotopic (exact) mass is 226 g/mol. The lowest BCUT2D eigenvalue weighted by molar-refractivity contribution is -0.147. The third-order valence-electron chi connectivity index (χ3n) is 3.84. The minimum absolute atomic E-state index is 0.0882. The van der Waals surface area contributed by atoms with E-state index in [9.17, 15) is 9.59 Å². The Kier molecular flexibility index (Phi) is 2.88. The summed E-state index contributed by atoms with van der Waals surface area (Å²) in [6.45, 7) is 1.72. The summed E-state index contributed by atoms with van der Waals surface area (Å²) in [4.78, 5) is 27.2. The van der Waals surface area contributed by atoms with Crippen LogP contribution in [0, 0.1) is 0 Å². The Bertz CT molecular complexity index is 318. The average molecular weight is 226 g/mol. The van der Waals surface area contributed by atoms with Crippen LogP contribution >= 0.6 is 0 Å². The zero-order valence-corrected chi connectivity index (χ0v) is 9.86. The van der Waals surface area contributed by atoms with Crippen molar-refractivity contribution in [3.8, 4) is 0 Å². The second-order valence-corrected chi connectivity index (χ2v) is 4.61. The molecule has 0 aromatic heterocycles. The molecule has 0 aromatic rings. The van der Waals surface area contributed by atoms with Crippen molar-refractivity contribution in [2.45, 2.75) is 24.8 Å². The Morgan fingerprint density at radius 3 is 2.75 bits per heavy atom. The normalized spacial score (nSPS) is 30.4. The van der Waals surface area contributed by atoms with Crippen LogP contribution in [-0.2, 0) is 14.3 Å². The SMILES string of the molecule is COC(=O)CN1CC[C@]2(CCCN2C)C1=O. The quantitative estimate of drug-likeness (QED) is 0.615. The molecule has 5 heteroatoms. The van der Waals surface area contributed by atoms with Gasteiger partial charge in [0.05, 0.1) is 7.11 Å². The van der Waals surface area contributed by atoms with E-state index >= 15 is 0 Å². The van der Waals surface area contributed by atoms with E-state index in [0.29, 0.717) is 6.54 Å². The van der Waals surface area contributed by atoms with Crippen molar-refractivity contribution >= 4 is 11.9 Å². The number of ether oxygens (including phenoxy) is 1. The largest absolute Gasteiger partial charge is 0.468 e. The lowest BCUT2D eigenvalue weighted by Crippen LogP contribution is -2.49. The van der Waals surface area contributed by atoms with Crippen molar-refractivity contribution in [2.24, 2.45) is 0 Å². The van der Waals surface area contributed by atoms with Gasteiger partial charge in [-0.2, -0.15) is 0 Å². The number of esters is 1. The predicted molar refractivity (Wildman–Crippen MR) is 57.8 cm³/mol. The summed E-state index contributed by atoms with van der Waals surface area (Å²) in [6.07, 6.45) is 2.81. The summed E-state index contributed by atoms with van der Waals surface area (Å²) in [6, 6.07) is 0. The highest BCUT2D eigenvalue weighted by Crippen LogP contribution is 2.37. The number of hydrogen-bond acceptors (Lipinski definition) is 4. The molecule has 90 valence electrons. The average Bonchev–Trinajstić information content (AvgIpc) is 2.78. The highest BCUT2D eigenvalue weighted by molar-refractivity contribution is 5.91. The molecule has 2 aliphatic heterocycles. The first-order valence-corrected chi connectivity index (χ1v) is 5.67. The Labute approximate surface area is 95.3 Å². The van der Waals surface area contributed by atoms with E-state index in [2.05, 4.69) is 9.64 Å². The summed E-state index contributed by atoms with van der Waals surface area (Å²) >= 11 is 0. The number of nitrogens with zero attached hydrogens (tertiary/aromatic N) is 2. The highest BCUT2D eigenvalue weighted by atomic mass is 16.5. The zero-order valence-electron chi connectivity index (χ0n) is 9.86. The van der Waals surface area contributed by atoms with Gasteiger partial charge in [0.15, 0.2) is 0 Å². The second kappa shape index (κ2) is 4.05. The standard InChI is InChI=1S/C11H18N2O3/c1-12-6-3-4-11(12)5-7-13(10(11)15)8-9(14)16-2/h3-8H2,1-2H3/t11-/m1/s1. The molecule has 0 unspecified atom stereocenters. The number of amides is 1. The van der Waals surface area contributed by atoms with E-state index in [1.54, 1.807) is 4.90 Å². The fourth-order valence-electron chi connectivity index (χ4n) is 2.79. The molecular formula is C11H18N2O3. The lowest BCUT2D eigenvalue weighted by atomic mass is 9.95. The molecule has 2 saturated heterocycles. The first-order valence-electron chi connectivity index (χ1n) is 5.67. The van der Waals surface area contributed by atoms with Crippen molar-refractivity contribution in [1.82, 2.24) is 9.80 Å². The van der Waals surface area contributed by atoms with Gasteiger partial charge in [0.2, 0.25) is 5.91 Å². The van der Waals surface area contributed by atoms with Crippen LogP contribution in [0.25, 0.3) is 0 Å². The minimum Gasteiger partial charge on any atom is -0.468 e. The van der Waals surface area contributed by atoms with Gasteiger partial charge in [0, 0.05) is 6.54 Å². The molecule has 0 aromatic carbocycles. The number of hydrogen-bond donors (Lipinski definition) is 0. The van der Waals surface area contributed by atoms with Gasteiger partial charge in [-0.05, 0) is 32.9 Å². The van der Waals surface area contributed by atoms with Gasteiger partial charge in [-0.25, -0.2) is 0 Å². The summed E-state index contributed by atoms with van der Waals surface area (Å²) in [7, 11) is 3.34. The Balaban J connectivity index is 2.07. The predicted octanol–water partition coefficient (Wildman–Crippen LogP) is -0.144. The number of likely N-dealkylation sites (tertiary alicyclic amines) is 2. The Morgan fingerprint density at radius 2 is 2.19 bits per heavy atom. The molecule has 1 spiro atoms. The summed E-state index contributed by atoms with van der Waals surface area (Å²) in [5.74, 6) is -0.246. The van der Waals surface area contributed by atoms with Crippen LogP contribution in [0.4, 0.5) is 0 Å². The fraction of sp³-hybridized carbons (Fsp3) is 0.818. The summed E-state index contributed by atoms with van der Waals surface area (Å²) in [5.41, 5.74) is -0.325. The molecule has 1 amide bonds. The van der Waals surface area contributed by atoms with Crippen LogP contribution in [0.2, 0.25) is 0 Å². The van der Waals surface area contributed by atoms with Crippen molar-refractivity contribution in [3.05, 3.63) is 0 Å². The molecule has 2 fully saturated rings. The maximum Gasteiger partial charge on any atom is 0.325 e. The number of rotatable bonds is 2. The third kappa shape index (κ3) is 1.59. The molecule has 0 saturated carbocycles. The molecular weight excluding hydrogens is 208 g/mol. The molecule has 0 bridgehead atoms. The first-order chi connectivity index (χ1) is 7.60. The van der Waals surface area contributed by atoms with E-state index in [4.69, 9.17) is 0 Å². The van der Waals surface area contributed by atoms with Gasteiger partial charge >= 0.3 is 5.97 Å². The van der Waals surface area contributed by atoms with E-state index in [0.717, 1.165) is 25.8 Å². The van der Waals surface area contributed by atoms with Gasteiger partial charge in [0.1, 0.15) is 12.1 Å². The second-order valence-electron chi connectivity index (χ2n) is 4.61. The maximum atomic E-state index is 12.3. The van der Waals surface area contributed by atoms with Crippen LogP contribution in [-0.4, -0.2) is 61.0 Å². The summed E-state index contributed by atoms with van der Waals surface area (Å²) < 4.78 is 4.59. The van der Waals surface area contributed by atoms with Gasteiger partial charge in [-0.3, -0.25) is 14.5 Å². The van der Waals surface area contributed by atoms with Crippen LogP contribution in [0.15, 0.2) is 0 Å². The highest BCUT2D eigenvalue weighted by Gasteiger charge is 2.51. The summed E-state index contributed by atoms with van der Waals surface area (Å²) in [5, 5.41) is 0. The molecule has 0 aliphatic carbocycles. The van der Waals surface area contributed by atoms with Crippen LogP contribution in [0.1, 0.15) is 19.3 Å². The Hall–Kier alpha value is -1.10. The molecule has 16 heavy (non-hydrogen) atoms. The van der Waals surface area contributed by atoms with Crippen LogP contribution in [0.5, 0.6) is 0 Å². The zero-order chi connectivity index (χ0) is 11.8. The van der Waals surface area contributed by atoms with Crippen LogP contribution < -0.4 is 0 Å². The minimum atomic E-state index is -0.342. The van der Waals surface area contributed by atoms with Gasteiger partial charge < -0.3 is 9.64 Å². The number of carbonyl (C=O) groups excluding carboxylic acids is 2. The number of methoxy groups -OCH3 is 1. The molecule has 5 nitrogen and oxygen atoms in total. The fourth-order valence-corrected chi connectivity index (χ4v) is 2.79. The van der Waals surface area contributed by atoms with Crippen molar-refractivity contribution in [3.63, 3.8) is 0 Å². The molecule has 1 atom stereocenters. The van der Waals surface area contributed by atoms with Crippen LogP contribution in [0.3, 0.4) is 0 Å². The lowest BCUT2D eigenvalue weighted by Gasteiger charge is -2.29. The van der Waals surface area contributed by atoms with Gasteiger partial charge in [0.25, 0.3) is 0 Å². The van der Waals surface area contributed by atoms with Gasteiger partial charge in [-0.1, -0.05) is 0 Å². The molecule has 2 heterocycles. The number of likely N-dealkylation sites (N-methyl/N-ethyl adjacent to an activating group) is 1. The molecule has 0 radical (unpaired) electrons. The molecule has 0 N–H and O–H groups in total. The molecule has 2 aliphatic rings. The van der Waals surface area contributed by atoms with Crippen molar-refractivity contribution < 1.29 is 14.3 Å². The van der Waals surface area contributed by atoms with Crippen molar-refractivity contribution in [2.75, 3.05) is 33.8 Å². The van der Waals surface area contributed by atoms with E-state index in [-0.39, 0.29) is 24.0 Å². The topological polar surface area (TPSA) is 49.9 Å². The van der Waals surface area contributed by atoms with E-state index in [1.165, 1.54) is 7.11 Å². The van der Waals surface area contributed by atoms with E-state index in [1.807, 2.05) is 7.05 Å². The maximum absolute atomic E-state index is 12.3. The van der Waals surface area contributed by atoms with Gasteiger partial charge in [-0.15, -0.1) is 0 Å². The third-order valence-corrected chi connectivity index (χ3v) is 3.84. The first kappa shape index (κ1) is 11.4. The number of carbonyl (C=O) groups is 2. The van der Waals surface area contributed by atoms with Crippen molar-refractivity contribution in [1.29, 1.82) is 0 Å².